The molecule has 0 aliphatic carbocycles. The number of hydrazone groups is 1. The smallest absolute Gasteiger partial charge is 0.416 e. The minimum absolute atomic E-state index is 0.177. The Balaban J connectivity index is 1.68. The summed E-state index contributed by atoms with van der Waals surface area (Å²) in [7, 11) is 0. The van der Waals surface area contributed by atoms with Crippen molar-refractivity contribution in [3.05, 3.63) is 96.9 Å². The molecule has 0 atom stereocenters. The number of hydrogen-bond donors (Lipinski definition) is 1. The summed E-state index contributed by atoms with van der Waals surface area (Å²) in [6.45, 7) is 0.181. The molecule has 0 aliphatic heterocycles. The minimum Gasteiger partial charge on any atom is -0.488 e. The Morgan fingerprint density at radius 2 is 1.91 bits per heavy atom. The van der Waals surface area contributed by atoms with Crippen LogP contribution in [0.1, 0.15) is 16.7 Å². The highest BCUT2D eigenvalue weighted by Gasteiger charge is 2.33. The second-order valence-electron chi connectivity index (χ2n) is 6.47. The van der Waals surface area contributed by atoms with Crippen molar-refractivity contribution >= 4 is 40.2 Å². The largest absolute Gasteiger partial charge is 0.488 e. The van der Waals surface area contributed by atoms with Crippen LogP contribution >= 0.6 is 22.6 Å². The van der Waals surface area contributed by atoms with Gasteiger partial charge < -0.3 is 4.74 Å². The molecule has 32 heavy (non-hydrogen) atoms. The van der Waals surface area contributed by atoms with Crippen molar-refractivity contribution in [2.24, 2.45) is 5.10 Å². The molecule has 0 spiro atoms. The highest BCUT2D eigenvalue weighted by atomic mass is 127. The van der Waals surface area contributed by atoms with Crippen molar-refractivity contribution in [2.45, 2.75) is 12.8 Å². The van der Waals surface area contributed by atoms with Gasteiger partial charge in [0.25, 0.3) is 5.69 Å². The van der Waals surface area contributed by atoms with Crippen molar-refractivity contribution in [1.29, 1.82) is 0 Å². The molecule has 3 aromatic rings. The highest BCUT2D eigenvalue weighted by Crippen LogP contribution is 2.35. The van der Waals surface area contributed by atoms with E-state index in [0.29, 0.717) is 22.9 Å². The predicted octanol–water partition coefficient (Wildman–Crippen LogP) is 6.38. The van der Waals surface area contributed by atoms with Gasteiger partial charge in [-0.05, 0) is 76.2 Å². The Hall–Kier alpha value is -3.22. The molecule has 3 rings (SSSR count). The topological polar surface area (TPSA) is 76.8 Å². The van der Waals surface area contributed by atoms with Gasteiger partial charge >= 0.3 is 6.18 Å². The lowest BCUT2D eigenvalue weighted by molar-refractivity contribution is -0.384. The van der Waals surface area contributed by atoms with Gasteiger partial charge in [0.05, 0.1) is 20.3 Å². The van der Waals surface area contributed by atoms with Gasteiger partial charge in [-0.2, -0.15) is 18.3 Å². The Morgan fingerprint density at radius 3 is 2.56 bits per heavy atom. The second kappa shape index (κ2) is 9.94. The molecule has 0 amide bonds. The lowest BCUT2D eigenvalue weighted by atomic mass is 10.1. The van der Waals surface area contributed by atoms with Crippen LogP contribution in [-0.4, -0.2) is 11.1 Å². The lowest BCUT2D eigenvalue weighted by Gasteiger charge is -2.09. The molecule has 0 aromatic heterocycles. The van der Waals surface area contributed by atoms with E-state index in [9.17, 15) is 27.7 Å². The third-order valence-corrected chi connectivity index (χ3v) is 5.00. The van der Waals surface area contributed by atoms with Crippen molar-refractivity contribution < 1.29 is 27.2 Å². The van der Waals surface area contributed by atoms with Crippen LogP contribution in [-0.2, 0) is 12.8 Å². The van der Waals surface area contributed by atoms with Gasteiger partial charge in [-0.25, -0.2) is 4.39 Å². The number of rotatable bonds is 7. The van der Waals surface area contributed by atoms with Gasteiger partial charge in [0.1, 0.15) is 23.9 Å². The van der Waals surface area contributed by atoms with E-state index < -0.39 is 22.4 Å². The van der Waals surface area contributed by atoms with E-state index in [1.807, 2.05) is 22.6 Å². The van der Waals surface area contributed by atoms with Gasteiger partial charge in [-0.3, -0.25) is 15.5 Å². The molecule has 0 unspecified atom stereocenters. The van der Waals surface area contributed by atoms with Crippen LogP contribution < -0.4 is 10.2 Å². The fourth-order valence-corrected chi connectivity index (χ4v) is 3.33. The SMILES string of the molecule is O=[N+]([O-])c1cc(C(F)(F)F)ccc1N/N=C\c1ccc(OCc2cccc(F)c2)c(I)c1. The summed E-state index contributed by atoms with van der Waals surface area (Å²) in [4.78, 5) is 10.2. The minimum atomic E-state index is -4.69. The maximum atomic E-state index is 13.2. The number of alkyl halides is 3. The molecule has 0 bridgehead atoms. The molecule has 166 valence electrons. The van der Waals surface area contributed by atoms with Crippen molar-refractivity contribution in [2.75, 3.05) is 5.43 Å². The average Bonchev–Trinajstić information content (AvgIpc) is 2.72. The summed E-state index contributed by atoms with van der Waals surface area (Å²) in [5.74, 6) is 0.214. The summed E-state index contributed by atoms with van der Waals surface area (Å²) in [6.07, 6.45) is -3.33. The zero-order valence-electron chi connectivity index (χ0n) is 16.1. The number of nitrogens with zero attached hydrogens (tertiary/aromatic N) is 2. The number of anilines is 1. The zero-order chi connectivity index (χ0) is 23.3. The first kappa shape index (κ1) is 23.4. The van der Waals surface area contributed by atoms with Gasteiger partial charge in [0.15, 0.2) is 0 Å². The monoisotopic (exact) mass is 559 g/mol. The summed E-state index contributed by atoms with van der Waals surface area (Å²) in [5, 5.41) is 15.0. The van der Waals surface area contributed by atoms with Crippen molar-refractivity contribution in [3.8, 4) is 5.75 Å². The number of nitrogens with one attached hydrogen (secondary N) is 1. The van der Waals surface area contributed by atoms with E-state index >= 15 is 0 Å². The number of hydrogen-bond acceptors (Lipinski definition) is 5. The number of ether oxygens (including phenoxy) is 1. The normalized spacial score (nSPS) is 11.5. The summed E-state index contributed by atoms with van der Waals surface area (Å²) >= 11 is 2.05. The number of halogens is 5. The number of nitro groups is 1. The fraction of sp³-hybridized carbons (Fsp3) is 0.0952. The molecule has 0 radical (unpaired) electrons. The molecular formula is C21H14F4IN3O3. The van der Waals surface area contributed by atoms with Crippen LogP contribution in [0.25, 0.3) is 0 Å². The molecule has 6 nitrogen and oxygen atoms in total. The van der Waals surface area contributed by atoms with Crippen LogP contribution in [0.3, 0.4) is 0 Å². The Labute approximate surface area is 193 Å². The second-order valence-corrected chi connectivity index (χ2v) is 7.63. The van der Waals surface area contributed by atoms with Gasteiger partial charge in [0, 0.05) is 6.07 Å². The molecule has 0 saturated heterocycles. The number of benzene rings is 3. The molecule has 3 aromatic carbocycles. The molecule has 0 saturated carbocycles. The van der Waals surface area contributed by atoms with E-state index in [1.165, 1.54) is 18.3 Å². The van der Waals surface area contributed by atoms with Crippen LogP contribution in [0.5, 0.6) is 5.75 Å². The van der Waals surface area contributed by atoms with Gasteiger partial charge in [-0.15, -0.1) is 0 Å². The Kier molecular flexibility index (Phi) is 7.28. The fourth-order valence-electron chi connectivity index (χ4n) is 2.63. The molecule has 1 N–H and O–H groups in total. The Morgan fingerprint density at radius 1 is 1.12 bits per heavy atom. The average molecular weight is 559 g/mol. The maximum absolute atomic E-state index is 13.2. The highest BCUT2D eigenvalue weighted by molar-refractivity contribution is 14.1. The van der Waals surface area contributed by atoms with Crippen LogP contribution in [0.15, 0.2) is 65.8 Å². The quantitative estimate of drug-likeness (QED) is 0.120. The van der Waals surface area contributed by atoms with E-state index in [1.54, 1.807) is 30.3 Å². The first-order valence-corrected chi connectivity index (χ1v) is 10.0. The maximum Gasteiger partial charge on any atom is 0.416 e. The summed E-state index contributed by atoms with van der Waals surface area (Å²) < 4.78 is 58.0. The van der Waals surface area contributed by atoms with Crippen LogP contribution in [0.2, 0.25) is 0 Å². The summed E-state index contributed by atoms with van der Waals surface area (Å²) in [6, 6.07) is 13.3. The lowest BCUT2D eigenvalue weighted by Crippen LogP contribution is -2.06. The van der Waals surface area contributed by atoms with E-state index in [4.69, 9.17) is 4.74 Å². The predicted molar refractivity (Wildman–Crippen MR) is 119 cm³/mol. The van der Waals surface area contributed by atoms with E-state index in [0.717, 1.165) is 15.7 Å². The number of nitro benzene ring substituents is 1. The van der Waals surface area contributed by atoms with E-state index in [2.05, 4.69) is 10.5 Å². The van der Waals surface area contributed by atoms with Crippen LogP contribution in [0.4, 0.5) is 28.9 Å². The third kappa shape index (κ3) is 6.15. The molecule has 11 heteroatoms. The zero-order valence-corrected chi connectivity index (χ0v) is 18.2. The first-order chi connectivity index (χ1) is 15.1. The molecular weight excluding hydrogens is 545 g/mol. The molecule has 0 aliphatic rings. The molecule has 0 heterocycles. The van der Waals surface area contributed by atoms with E-state index in [-0.39, 0.29) is 18.1 Å². The van der Waals surface area contributed by atoms with Gasteiger partial charge in [-0.1, -0.05) is 12.1 Å². The Bertz CT molecular complexity index is 1170. The first-order valence-electron chi connectivity index (χ1n) is 8.95. The standard InChI is InChI=1S/C21H14F4IN3O3/c22-16-3-1-2-14(8-16)12-32-20-7-4-13(9-17(20)26)11-27-28-18-6-5-15(21(23,24)25)10-19(18)29(30)31/h1-11,28H,12H2/b27-11-. The van der Waals surface area contributed by atoms with Gasteiger partial charge in [0.2, 0.25) is 0 Å². The molecule has 0 fully saturated rings. The van der Waals surface area contributed by atoms with Crippen molar-refractivity contribution in [1.82, 2.24) is 0 Å². The third-order valence-electron chi connectivity index (χ3n) is 4.16. The van der Waals surface area contributed by atoms with Crippen LogP contribution in [0, 0.1) is 19.5 Å². The summed E-state index contributed by atoms with van der Waals surface area (Å²) in [5.41, 5.74) is 1.65. The van der Waals surface area contributed by atoms with Crippen molar-refractivity contribution in [3.63, 3.8) is 0 Å².